The summed E-state index contributed by atoms with van der Waals surface area (Å²) in [5.41, 5.74) is 1.39. The lowest BCUT2D eigenvalue weighted by Crippen LogP contribution is -2.46. The third-order valence-electron chi connectivity index (χ3n) is 6.23. The molecule has 3 aliphatic rings. The van der Waals surface area contributed by atoms with Gasteiger partial charge in [-0.15, -0.1) is 0 Å². The van der Waals surface area contributed by atoms with E-state index in [4.69, 9.17) is 9.47 Å². The second-order valence-corrected chi connectivity index (χ2v) is 8.10. The fraction of sp³-hybridized carbons (Fsp3) is 0.619. The van der Waals surface area contributed by atoms with Gasteiger partial charge in [-0.2, -0.15) is 0 Å². The number of anilines is 1. The smallest absolute Gasteiger partial charge is 0.253 e. The number of ether oxygens (including phenoxy) is 2. The highest BCUT2D eigenvalue weighted by Gasteiger charge is 2.47. The van der Waals surface area contributed by atoms with Crippen molar-refractivity contribution in [3.05, 3.63) is 29.8 Å². The molecule has 1 aromatic rings. The van der Waals surface area contributed by atoms with Gasteiger partial charge in [0, 0.05) is 32.3 Å². The zero-order valence-corrected chi connectivity index (χ0v) is 15.7. The van der Waals surface area contributed by atoms with Crippen LogP contribution in [0.1, 0.15) is 48.9 Å². The predicted octanol–water partition coefficient (Wildman–Crippen LogP) is 2.74. The summed E-state index contributed by atoms with van der Waals surface area (Å²) in [6.45, 7) is 2.89. The first-order chi connectivity index (χ1) is 13.2. The highest BCUT2D eigenvalue weighted by atomic mass is 16.5. The van der Waals surface area contributed by atoms with Crippen LogP contribution >= 0.6 is 0 Å². The Morgan fingerprint density at radius 2 is 1.89 bits per heavy atom. The van der Waals surface area contributed by atoms with E-state index in [-0.39, 0.29) is 23.8 Å². The van der Waals surface area contributed by atoms with E-state index in [2.05, 4.69) is 10.6 Å². The average molecular weight is 372 g/mol. The lowest BCUT2D eigenvalue weighted by atomic mass is 9.58. The number of benzene rings is 1. The number of hydrogen-bond donors (Lipinski definition) is 2. The molecule has 3 fully saturated rings. The zero-order chi connectivity index (χ0) is 18.7. The Morgan fingerprint density at radius 1 is 1.11 bits per heavy atom. The van der Waals surface area contributed by atoms with Gasteiger partial charge < -0.3 is 20.1 Å². The van der Waals surface area contributed by atoms with E-state index in [0.29, 0.717) is 23.2 Å². The monoisotopic (exact) mass is 372 g/mol. The number of carbonyl (C=O) groups excluding carboxylic acids is 2. The number of carbonyl (C=O) groups is 2. The van der Waals surface area contributed by atoms with Gasteiger partial charge in [-0.05, 0) is 56.1 Å². The molecule has 2 saturated heterocycles. The number of hydrogen-bond acceptors (Lipinski definition) is 4. The molecule has 2 amide bonds. The van der Waals surface area contributed by atoms with Gasteiger partial charge >= 0.3 is 0 Å². The van der Waals surface area contributed by atoms with Gasteiger partial charge in [0.15, 0.2) is 0 Å². The first kappa shape index (κ1) is 18.4. The van der Waals surface area contributed by atoms with E-state index < -0.39 is 0 Å². The molecule has 1 aliphatic carbocycles. The molecule has 1 aromatic carbocycles. The SMILES string of the molecule is O=C(NCC1CCCO1)c1ccccc1NC(=O)C1CC2(CCOCC2)C1. The van der Waals surface area contributed by atoms with Crippen LogP contribution in [-0.4, -0.2) is 44.3 Å². The Balaban J connectivity index is 1.33. The summed E-state index contributed by atoms with van der Waals surface area (Å²) in [5, 5.41) is 5.91. The standard InChI is InChI=1S/C21H28N2O4/c24-19(15-12-21(13-15)7-10-26-11-8-21)23-18-6-2-1-5-17(18)20(25)22-14-16-4-3-9-27-16/h1-2,5-6,15-16H,3-4,7-14H2,(H,22,25)(H,23,24). The molecule has 0 aromatic heterocycles. The van der Waals surface area contributed by atoms with Crippen LogP contribution in [0.2, 0.25) is 0 Å². The molecule has 6 heteroatoms. The van der Waals surface area contributed by atoms with Crippen molar-refractivity contribution in [2.75, 3.05) is 31.7 Å². The van der Waals surface area contributed by atoms with Crippen LogP contribution in [0.3, 0.4) is 0 Å². The predicted molar refractivity (Wildman–Crippen MR) is 102 cm³/mol. The topological polar surface area (TPSA) is 76.7 Å². The molecule has 1 spiro atoms. The van der Waals surface area contributed by atoms with Crippen LogP contribution < -0.4 is 10.6 Å². The lowest BCUT2D eigenvalue weighted by molar-refractivity contribution is -0.132. The van der Waals surface area contributed by atoms with Gasteiger partial charge in [0.05, 0.1) is 17.4 Å². The fourth-order valence-electron chi connectivity index (χ4n) is 4.52. The maximum Gasteiger partial charge on any atom is 0.253 e. The first-order valence-corrected chi connectivity index (χ1v) is 10.0. The quantitative estimate of drug-likeness (QED) is 0.833. The van der Waals surface area contributed by atoms with Gasteiger partial charge in [-0.3, -0.25) is 9.59 Å². The summed E-state index contributed by atoms with van der Waals surface area (Å²) >= 11 is 0. The summed E-state index contributed by atoms with van der Waals surface area (Å²) in [4.78, 5) is 25.2. The molecule has 1 unspecified atom stereocenters. The van der Waals surface area contributed by atoms with Crippen molar-refractivity contribution in [2.45, 2.75) is 44.6 Å². The maximum atomic E-state index is 12.7. The van der Waals surface area contributed by atoms with Crippen molar-refractivity contribution in [3.63, 3.8) is 0 Å². The zero-order valence-electron chi connectivity index (χ0n) is 15.7. The highest BCUT2D eigenvalue weighted by Crippen LogP contribution is 2.52. The van der Waals surface area contributed by atoms with Crippen molar-refractivity contribution in [2.24, 2.45) is 11.3 Å². The lowest BCUT2D eigenvalue weighted by Gasteiger charge is -2.49. The van der Waals surface area contributed by atoms with Gasteiger partial charge in [0.2, 0.25) is 5.91 Å². The highest BCUT2D eigenvalue weighted by molar-refractivity contribution is 6.04. The van der Waals surface area contributed by atoms with E-state index in [1.807, 2.05) is 12.1 Å². The minimum absolute atomic E-state index is 0.0199. The minimum atomic E-state index is -0.170. The summed E-state index contributed by atoms with van der Waals surface area (Å²) in [6, 6.07) is 7.20. The average Bonchev–Trinajstić information content (AvgIpc) is 3.19. The molecule has 27 heavy (non-hydrogen) atoms. The molecule has 1 atom stereocenters. The van der Waals surface area contributed by atoms with Gasteiger partial charge in [0.1, 0.15) is 0 Å². The van der Waals surface area contributed by atoms with Crippen molar-refractivity contribution in [1.29, 1.82) is 0 Å². The Labute approximate surface area is 160 Å². The Bertz CT molecular complexity index is 685. The number of amides is 2. The van der Waals surface area contributed by atoms with E-state index in [1.54, 1.807) is 12.1 Å². The van der Waals surface area contributed by atoms with Crippen LogP contribution in [0.5, 0.6) is 0 Å². The van der Waals surface area contributed by atoms with Gasteiger partial charge in [-0.25, -0.2) is 0 Å². The molecule has 6 nitrogen and oxygen atoms in total. The summed E-state index contributed by atoms with van der Waals surface area (Å²) in [7, 11) is 0. The van der Waals surface area contributed by atoms with Crippen LogP contribution in [0.4, 0.5) is 5.69 Å². The second-order valence-electron chi connectivity index (χ2n) is 8.10. The van der Waals surface area contributed by atoms with E-state index >= 15 is 0 Å². The minimum Gasteiger partial charge on any atom is -0.381 e. The number of rotatable bonds is 5. The second kappa shape index (κ2) is 7.98. The molecule has 1 saturated carbocycles. The molecule has 2 N–H and O–H groups in total. The number of nitrogens with one attached hydrogen (secondary N) is 2. The third kappa shape index (κ3) is 4.17. The molecular weight excluding hydrogens is 344 g/mol. The molecule has 4 rings (SSSR count). The molecule has 0 bridgehead atoms. The van der Waals surface area contributed by atoms with Crippen LogP contribution in [0.15, 0.2) is 24.3 Å². The number of para-hydroxylation sites is 1. The molecule has 2 aliphatic heterocycles. The van der Waals surface area contributed by atoms with E-state index in [1.165, 1.54) is 0 Å². The third-order valence-corrected chi connectivity index (χ3v) is 6.23. The van der Waals surface area contributed by atoms with Crippen molar-refractivity contribution in [1.82, 2.24) is 5.32 Å². The van der Waals surface area contributed by atoms with Gasteiger partial charge in [-0.1, -0.05) is 12.1 Å². The van der Waals surface area contributed by atoms with Crippen molar-refractivity contribution >= 4 is 17.5 Å². The van der Waals surface area contributed by atoms with Crippen LogP contribution in [0, 0.1) is 11.3 Å². The Hall–Kier alpha value is -1.92. The first-order valence-electron chi connectivity index (χ1n) is 10.0. The normalized spacial score (nSPS) is 24.4. The van der Waals surface area contributed by atoms with E-state index in [0.717, 1.165) is 58.3 Å². The fourth-order valence-corrected chi connectivity index (χ4v) is 4.52. The summed E-state index contributed by atoms with van der Waals surface area (Å²) in [6.07, 6.45) is 6.08. The van der Waals surface area contributed by atoms with Gasteiger partial charge in [0.25, 0.3) is 5.91 Å². The Morgan fingerprint density at radius 3 is 2.63 bits per heavy atom. The van der Waals surface area contributed by atoms with Crippen LogP contribution in [-0.2, 0) is 14.3 Å². The van der Waals surface area contributed by atoms with Crippen LogP contribution in [0.25, 0.3) is 0 Å². The van der Waals surface area contributed by atoms with Crippen molar-refractivity contribution < 1.29 is 19.1 Å². The Kier molecular flexibility index (Phi) is 5.45. The largest absolute Gasteiger partial charge is 0.381 e. The molecule has 0 radical (unpaired) electrons. The molecular formula is C21H28N2O4. The molecule has 146 valence electrons. The summed E-state index contributed by atoms with van der Waals surface area (Å²) < 4.78 is 11.0. The molecule has 2 heterocycles. The van der Waals surface area contributed by atoms with E-state index in [9.17, 15) is 9.59 Å². The van der Waals surface area contributed by atoms with Crippen molar-refractivity contribution in [3.8, 4) is 0 Å². The maximum absolute atomic E-state index is 12.7. The summed E-state index contributed by atoms with van der Waals surface area (Å²) in [5.74, 6) is -0.117.